The van der Waals surface area contributed by atoms with E-state index in [-0.39, 0.29) is 9.79 Å². The number of aryl methyl sites for hydroxylation is 1. The predicted molar refractivity (Wildman–Crippen MR) is 124 cm³/mol. The Morgan fingerprint density at radius 1 is 1.00 bits per heavy atom. The highest BCUT2D eigenvalue weighted by molar-refractivity contribution is 7.91. The number of anilines is 1. The first-order chi connectivity index (χ1) is 14.9. The second kappa shape index (κ2) is 8.57. The molecule has 0 aliphatic carbocycles. The quantitative estimate of drug-likeness (QED) is 0.409. The summed E-state index contributed by atoms with van der Waals surface area (Å²) in [5.74, 6) is 0.619. The molecule has 0 saturated heterocycles. The van der Waals surface area contributed by atoms with E-state index in [1.807, 2.05) is 37.3 Å². The lowest BCUT2D eigenvalue weighted by molar-refractivity contribution is 0.415. The molecule has 0 fully saturated rings. The number of hydrogen-bond acceptors (Lipinski definition) is 5. The summed E-state index contributed by atoms with van der Waals surface area (Å²) < 4.78 is 32.3. The minimum atomic E-state index is -3.83. The number of aromatic nitrogens is 1. The molecule has 0 saturated carbocycles. The highest BCUT2D eigenvalue weighted by atomic mass is 35.5. The molecule has 5 nitrogen and oxygen atoms in total. The van der Waals surface area contributed by atoms with E-state index in [4.69, 9.17) is 16.3 Å². The van der Waals surface area contributed by atoms with Crippen molar-refractivity contribution in [1.82, 2.24) is 4.98 Å². The summed E-state index contributed by atoms with van der Waals surface area (Å²) in [5, 5.41) is 4.47. The molecule has 0 amide bonds. The van der Waals surface area contributed by atoms with Crippen LogP contribution in [0.15, 0.2) is 82.7 Å². The summed E-state index contributed by atoms with van der Waals surface area (Å²) in [6.45, 7) is 2.48. The topological polar surface area (TPSA) is 68.3 Å². The van der Waals surface area contributed by atoms with Gasteiger partial charge in [-0.3, -0.25) is 4.98 Å². The summed E-state index contributed by atoms with van der Waals surface area (Å²) >= 11 is 5.95. The molecular formula is C24H21ClN2O3S. The van der Waals surface area contributed by atoms with Gasteiger partial charge in [-0.15, -0.1) is 0 Å². The van der Waals surface area contributed by atoms with Gasteiger partial charge in [-0.05, 0) is 55.0 Å². The van der Waals surface area contributed by atoms with Crippen LogP contribution in [0.25, 0.3) is 10.9 Å². The van der Waals surface area contributed by atoms with Gasteiger partial charge in [0.15, 0.2) is 0 Å². The first-order valence-electron chi connectivity index (χ1n) is 9.65. The fraction of sp³-hybridized carbons (Fsp3) is 0.125. The molecule has 0 unspecified atom stereocenters. The van der Waals surface area contributed by atoms with Crippen molar-refractivity contribution in [3.63, 3.8) is 0 Å². The summed E-state index contributed by atoms with van der Waals surface area (Å²) in [7, 11) is -2.26. The Morgan fingerprint density at radius 2 is 1.71 bits per heavy atom. The lowest BCUT2D eigenvalue weighted by Gasteiger charge is -2.16. The van der Waals surface area contributed by atoms with Gasteiger partial charge in [0.2, 0.25) is 9.84 Å². The molecule has 0 aliphatic heterocycles. The minimum Gasteiger partial charge on any atom is -0.497 e. The normalized spacial score (nSPS) is 11.5. The molecule has 0 radical (unpaired) electrons. The zero-order chi connectivity index (χ0) is 22.0. The standard InChI is InChI=1S/C24H21ClN2O3S/c1-16-3-5-17(6-4-16)14-27-24-21-13-19(30-2)9-12-22(21)26-15-23(24)31(28,29)20-10-7-18(25)8-11-20/h3-13,15H,14H2,1-2H3,(H,26,27). The van der Waals surface area contributed by atoms with Gasteiger partial charge in [-0.2, -0.15) is 0 Å². The van der Waals surface area contributed by atoms with Crippen LogP contribution >= 0.6 is 11.6 Å². The molecule has 0 aliphatic rings. The van der Waals surface area contributed by atoms with Crippen LogP contribution in [0.4, 0.5) is 5.69 Å². The van der Waals surface area contributed by atoms with Gasteiger partial charge in [0, 0.05) is 23.2 Å². The van der Waals surface area contributed by atoms with Crippen molar-refractivity contribution in [2.24, 2.45) is 0 Å². The van der Waals surface area contributed by atoms with E-state index in [0.29, 0.717) is 33.9 Å². The van der Waals surface area contributed by atoms with Crippen LogP contribution in [-0.4, -0.2) is 20.5 Å². The van der Waals surface area contributed by atoms with Crippen molar-refractivity contribution < 1.29 is 13.2 Å². The Bertz CT molecular complexity index is 1340. The molecule has 0 bridgehead atoms. The van der Waals surface area contributed by atoms with Crippen LogP contribution in [0.2, 0.25) is 5.02 Å². The average Bonchev–Trinajstić information content (AvgIpc) is 2.78. The van der Waals surface area contributed by atoms with E-state index < -0.39 is 9.84 Å². The smallest absolute Gasteiger partial charge is 0.210 e. The molecule has 158 valence electrons. The van der Waals surface area contributed by atoms with Crippen LogP contribution < -0.4 is 10.1 Å². The van der Waals surface area contributed by atoms with Gasteiger partial charge in [0.05, 0.1) is 23.2 Å². The third-order valence-corrected chi connectivity index (χ3v) is 7.08. The summed E-state index contributed by atoms with van der Waals surface area (Å²) in [4.78, 5) is 4.64. The highest BCUT2D eigenvalue weighted by Crippen LogP contribution is 2.35. The van der Waals surface area contributed by atoms with E-state index >= 15 is 0 Å². The van der Waals surface area contributed by atoms with Crippen LogP contribution in [0.3, 0.4) is 0 Å². The monoisotopic (exact) mass is 452 g/mol. The van der Waals surface area contributed by atoms with Gasteiger partial charge in [0.1, 0.15) is 10.6 Å². The number of nitrogens with one attached hydrogen (secondary N) is 1. The number of sulfone groups is 1. The number of ether oxygens (including phenoxy) is 1. The zero-order valence-electron chi connectivity index (χ0n) is 17.1. The number of rotatable bonds is 6. The molecule has 31 heavy (non-hydrogen) atoms. The number of fused-ring (bicyclic) bond motifs is 1. The number of benzene rings is 3. The van der Waals surface area contributed by atoms with Gasteiger partial charge < -0.3 is 10.1 Å². The fourth-order valence-corrected chi connectivity index (χ4v) is 4.82. The lowest BCUT2D eigenvalue weighted by Crippen LogP contribution is -2.09. The SMILES string of the molecule is COc1ccc2ncc(S(=O)(=O)c3ccc(Cl)cc3)c(NCc3ccc(C)cc3)c2c1. The van der Waals surface area contributed by atoms with Crippen molar-refractivity contribution in [2.75, 3.05) is 12.4 Å². The Kier molecular flexibility index (Phi) is 5.85. The molecule has 1 N–H and O–H groups in total. The summed E-state index contributed by atoms with van der Waals surface area (Å²) in [6, 6.07) is 19.6. The first-order valence-corrected chi connectivity index (χ1v) is 11.5. The number of halogens is 1. The van der Waals surface area contributed by atoms with Crippen LogP contribution in [0.1, 0.15) is 11.1 Å². The molecular weight excluding hydrogens is 432 g/mol. The molecule has 4 rings (SSSR count). The molecule has 1 aromatic heterocycles. The van der Waals surface area contributed by atoms with Gasteiger partial charge >= 0.3 is 0 Å². The molecule has 1 heterocycles. The van der Waals surface area contributed by atoms with E-state index in [9.17, 15) is 8.42 Å². The first kappa shape index (κ1) is 21.2. The predicted octanol–water partition coefficient (Wildman–Crippen LogP) is 5.65. The van der Waals surface area contributed by atoms with Crippen LogP contribution in [0.5, 0.6) is 5.75 Å². The summed E-state index contributed by atoms with van der Waals surface area (Å²) in [6.07, 6.45) is 1.40. The molecule has 0 atom stereocenters. The number of methoxy groups -OCH3 is 1. The Balaban J connectivity index is 1.86. The zero-order valence-corrected chi connectivity index (χ0v) is 18.7. The van der Waals surface area contributed by atoms with E-state index in [2.05, 4.69) is 10.3 Å². The molecule has 3 aromatic carbocycles. The maximum Gasteiger partial charge on any atom is 0.210 e. The van der Waals surface area contributed by atoms with Crippen molar-refractivity contribution in [2.45, 2.75) is 23.3 Å². The number of pyridine rings is 1. The largest absolute Gasteiger partial charge is 0.497 e. The fourth-order valence-electron chi connectivity index (χ4n) is 3.30. The maximum atomic E-state index is 13.5. The van der Waals surface area contributed by atoms with Gasteiger partial charge in [-0.1, -0.05) is 41.4 Å². The Hall–Kier alpha value is -3.09. The molecule has 0 spiro atoms. The highest BCUT2D eigenvalue weighted by Gasteiger charge is 2.24. The molecule has 7 heteroatoms. The Labute approximate surface area is 186 Å². The Morgan fingerprint density at radius 3 is 2.39 bits per heavy atom. The van der Waals surface area contributed by atoms with Crippen LogP contribution in [-0.2, 0) is 16.4 Å². The van der Waals surface area contributed by atoms with Crippen molar-refractivity contribution >= 4 is 38.0 Å². The van der Waals surface area contributed by atoms with E-state index in [0.717, 1.165) is 11.1 Å². The van der Waals surface area contributed by atoms with E-state index in [1.165, 1.54) is 18.3 Å². The summed E-state index contributed by atoms with van der Waals surface area (Å²) in [5.41, 5.74) is 3.35. The third kappa shape index (κ3) is 4.36. The van der Waals surface area contributed by atoms with Crippen molar-refractivity contribution in [3.05, 3.63) is 89.1 Å². The van der Waals surface area contributed by atoms with Gasteiger partial charge in [-0.25, -0.2) is 8.42 Å². The van der Waals surface area contributed by atoms with E-state index in [1.54, 1.807) is 31.4 Å². The maximum absolute atomic E-state index is 13.5. The second-order valence-corrected chi connectivity index (χ2v) is 9.53. The lowest BCUT2D eigenvalue weighted by atomic mass is 10.1. The third-order valence-electron chi connectivity index (χ3n) is 5.04. The minimum absolute atomic E-state index is 0.0997. The van der Waals surface area contributed by atoms with Gasteiger partial charge in [0.25, 0.3) is 0 Å². The number of hydrogen-bond donors (Lipinski definition) is 1. The van der Waals surface area contributed by atoms with Crippen molar-refractivity contribution in [3.8, 4) is 5.75 Å². The van der Waals surface area contributed by atoms with Crippen molar-refractivity contribution in [1.29, 1.82) is 0 Å². The number of nitrogens with zero attached hydrogens (tertiary/aromatic N) is 1. The average molecular weight is 453 g/mol. The van der Waals surface area contributed by atoms with Crippen LogP contribution in [0, 0.1) is 6.92 Å². The second-order valence-electron chi connectivity index (χ2n) is 7.18. The molecule has 4 aromatic rings.